The van der Waals surface area contributed by atoms with Crippen LogP contribution in [0.2, 0.25) is 0 Å². The van der Waals surface area contributed by atoms with E-state index in [4.69, 9.17) is 0 Å². The average Bonchev–Trinajstić information content (AvgIpc) is 2.77. The smallest absolute Gasteiger partial charge is 0.264 e. The molecule has 162 valence electrons. The van der Waals surface area contributed by atoms with Crippen molar-refractivity contribution < 1.29 is 13.2 Å². The minimum atomic E-state index is -3.90. The Labute approximate surface area is 184 Å². The van der Waals surface area contributed by atoms with Gasteiger partial charge in [-0.15, -0.1) is 0 Å². The largest absolute Gasteiger partial charge is 0.350 e. The first-order chi connectivity index (χ1) is 14.8. The fourth-order valence-corrected chi connectivity index (χ4v) is 4.60. The van der Waals surface area contributed by atoms with Gasteiger partial charge in [0.05, 0.1) is 10.6 Å². The molecule has 3 aromatic carbocycles. The van der Waals surface area contributed by atoms with Crippen molar-refractivity contribution in [2.45, 2.75) is 38.1 Å². The highest BCUT2D eigenvalue weighted by molar-refractivity contribution is 7.92. The molecule has 0 saturated carbocycles. The Morgan fingerprint density at radius 1 is 0.903 bits per heavy atom. The summed E-state index contributed by atoms with van der Waals surface area (Å²) in [4.78, 5) is 12.9. The third kappa shape index (κ3) is 5.73. The van der Waals surface area contributed by atoms with Crippen LogP contribution in [0, 0.1) is 6.92 Å². The number of nitrogens with one attached hydrogen (secondary N) is 1. The molecule has 0 aliphatic heterocycles. The number of nitrogens with zero attached hydrogens (tertiary/aromatic N) is 1. The van der Waals surface area contributed by atoms with E-state index in [9.17, 15) is 13.2 Å². The second kappa shape index (κ2) is 9.79. The second-order valence-electron chi connectivity index (χ2n) is 7.83. The SMILES string of the molecule is Cc1ccc(CNC(=O)CN(c2ccc(C(C)C)cc2)S(=O)(=O)c2ccccc2)cc1. The summed E-state index contributed by atoms with van der Waals surface area (Å²) in [7, 11) is -3.90. The maximum absolute atomic E-state index is 13.3. The first-order valence-corrected chi connectivity index (χ1v) is 11.7. The van der Waals surface area contributed by atoms with E-state index >= 15 is 0 Å². The molecule has 0 aliphatic carbocycles. The summed E-state index contributed by atoms with van der Waals surface area (Å²) < 4.78 is 27.9. The maximum atomic E-state index is 13.3. The number of benzene rings is 3. The molecule has 0 saturated heterocycles. The number of rotatable bonds is 8. The fraction of sp³-hybridized carbons (Fsp3) is 0.240. The third-order valence-electron chi connectivity index (χ3n) is 5.08. The lowest BCUT2D eigenvalue weighted by Crippen LogP contribution is -2.40. The molecular weight excluding hydrogens is 408 g/mol. The lowest BCUT2D eigenvalue weighted by molar-refractivity contribution is -0.119. The number of amides is 1. The van der Waals surface area contributed by atoms with Gasteiger partial charge in [-0.25, -0.2) is 8.42 Å². The standard InChI is InChI=1S/C25H28N2O3S/c1-19(2)22-13-15-23(16-14-22)27(31(29,30)24-7-5-4-6-8-24)18-25(28)26-17-21-11-9-20(3)10-12-21/h4-16,19H,17-18H2,1-3H3,(H,26,28). The molecule has 3 aromatic rings. The zero-order valence-corrected chi connectivity index (χ0v) is 18.9. The van der Waals surface area contributed by atoms with Crippen LogP contribution in [0.3, 0.4) is 0 Å². The molecule has 0 aromatic heterocycles. The normalized spacial score (nSPS) is 11.4. The number of aryl methyl sites for hydroxylation is 1. The maximum Gasteiger partial charge on any atom is 0.264 e. The number of anilines is 1. The van der Waals surface area contributed by atoms with E-state index in [0.29, 0.717) is 18.2 Å². The monoisotopic (exact) mass is 436 g/mol. The van der Waals surface area contributed by atoms with Gasteiger partial charge < -0.3 is 5.32 Å². The number of sulfonamides is 1. The van der Waals surface area contributed by atoms with Gasteiger partial charge in [-0.2, -0.15) is 0 Å². The summed E-state index contributed by atoms with van der Waals surface area (Å²) in [5, 5.41) is 2.83. The van der Waals surface area contributed by atoms with Crippen LogP contribution in [-0.2, 0) is 21.4 Å². The zero-order valence-electron chi connectivity index (χ0n) is 18.1. The van der Waals surface area contributed by atoms with Gasteiger partial charge in [0.1, 0.15) is 6.54 Å². The van der Waals surface area contributed by atoms with Crippen LogP contribution in [0.1, 0.15) is 36.5 Å². The highest BCUT2D eigenvalue weighted by Gasteiger charge is 2.27. The predicted molar refractivity (Wildman–Crippen MR) is 125 cm³/mol. The summed E-state index contributed by atoms with van der Waals surface area (Å²) in [6.07, 6.45) is 0. The molecular formula is C25H28N2O3S. The van der Waals surface area contributed by atoms with Crippen LogP contribution >= 0.6 is 0 Å². The van der Waals surface area contributed by atoms with Crippen molar-refractivity contribution in [1.82, 2.24) is 5.32 Å². The fourth-order valence-electron chi connectivity index (χ4n) is 3.15. The number of hydrogen-bond acceptors (Lipinski definition) is 3. The Hall–Kier alpha value is -3.12. The Morgan fingerprint density at radius 3 is 2.10 bits per heavy atom. The minimum absolute atomic E-state index is 0.147. The number of hydrogen-bond donors (Lipinski definition) is 1. The summed E-state index contributed by atoms with van der Waals surface area (Å²) in [5.74, 6) is -0.0425. The van der Waals surface area contributed by atoms with Crippen LogP contribution in [0.25, 0.3) is 0 Å². The van der Waals surface area contributed by atoms with E-state index in [0.717, 1.165) is 21.0 Å². The van der Waals surface area contributed by atoms with Crippen LogP contribution in [-0.4, -0.2) is 20.9 Å². The molecule has 31 heavy (non-hydrogen) atoms. The van der Waals surface area contributed by atoms with Gasteiger partial charge in [0.2, 0.25) is 5.91 Å². The van der Waals surface area contributed by atoms with Crippen molar-refractivity contribution in [3.05, 3.63) is 95.6 Å². The van der Waals surface area contributed by atoms with Gasteiger partial charge >= 0.3 is 0 Å². The molecule has 1 N–H and O–H groups in total. The minimum Gasteiger partial charge on any atom is -0.350 e. The number of carbonyl (C=O) groups is 1. The lowest BCUT2D eigenvalue weighted by atomic mass is 10.0. The van der Waals surface area contributed by atoms with E-state index in [1.807, 2.05) is 43.3 Å². The van der Waals surface area contributed by atoms with Crippen LogP contribution < -0.4 is 9.62 Å². The van der Waals surface area contributed by atoms with Gasteiger partial charge in [0, 0.05) is 6.54 Å². The Morgan fingerprint density at radius 2 is 1.52 bits per heavy atom. The average molecular weight is 437 g/mol. The highest BCUT2D eigenvalue weighted by Crippen LogP contribution is 2.25. The van der Waals surface area contributed by atoms with Crippen molar-refractivity contribution >= 4 is 21.6 Å². The first-order valence-electron chi connectivity index (χ1n) is 10.3. The Balaban J connectivity index is 1.84. The molecule has 0 bridgehead atoms. The van der Waals surface area contributed by atoms with Crippen molar-refractivity contribution in [2.75, 3.05) is 10.8 Å². The molecule has 6 heteroatoms. The van der Waals surface area contributed by atoms with Gasteiger partial charge in [0.25, 0.3) is 10.0 Å². The molecule has 0 unspecified atom stereocenters. The van der Waals surface area contributed by atoms with Crippen LogP contribution in [0.15, 0.2) is 83.8 Å². The van der Waals surface area contributed by atoms with Crippen molar-refractivity contribution in [1.29, 1.82) is 0 Å². The van der Waals surface area contributed by atoms with Crippen molar-refractivity contribution in [3.63, 3.8) is 0 Å². The molecule has 3 rings (SSSR count). The lowest BCUT2D eigenvalue weighted by Gasteiger charge is -2.24. The Bertz CT molecular complexity index is 1110. The topological polar surface area (TPSA) is 66.5 Å². The number of carbonyl (C=O) groups excluding carboxylic acids is 1. The van der Waals surface area contributed by atoms with Gasteiger partial charge in [0.15, 0.2) is 0 Å². The van der Waals surface area contributed by atoms with E-state index < -0.39 is 10.0 Å². The van der Waals surface area contributed by atoms with E-state index in [1.54, 1.807) is 30.3 Å². The summed E-state index contributed by atoms with van der Waals surface area (Å²) in [6, 6.07) is 23.3. The van der Waals surface area contributed by atoms with Crippen molar-refractivity contribution in [2.24, 2.45) is 0 Å². The van der Waals surface area contributed by atoms with E-state index in [1.165, 1.54) is 12.1 Å². The van der Waals surface area contributed by atoms with Crippen molar-refractivity contribution in [3.8, 4) is 0 Å². The molecule has 5 nitrogen and oxygen atoms in total. The molecule has 0 fully saturated rings. The quantitative estimate of drug-likeness (QED) is 0.560. The summed E-state index contributed by atoms with van der Waals surface area (Å²) in [5.41, 5.74) is 3.65. The molecule has 0 radical (unpaired) electrons. The zero-order chi connectivity index (χ0) is 22.4. The first kappa shape index (κ1) is 22.6. The summed E-state index contributed by atoms with van der Waals surface area (Å²) >= 11 is 0. The van der Waals surface area contributed by atoms with Gasteiger partial charge in [-0.05, 0) is 48.2 Å². The molecule has 1 amide bonds. The molecule has 0 aliphatic rings. The van der Waals surface area contributed by atoms with Gasteiger partial charge in [-0.3, -0.25) is 9.10 Å². The van der Waals surface area contributed by atoms with E-state index in [2.05, 4.69) is 19.2 Å². The Kier molecular flexibility index (Phi) is 7.13. The highest BCUT2D eigenvalue weighted by atomic mass is 32.2. The van der Waals surface area contributed by atoms with Crippen LogP contribution in [0.4, 0.5) is 5.69 Å². The molecule has 0 atom stereocenters. The second-order valence-corrected chi connectivity index (χ2v) is 9.70. The van der Waals surface area contributed by atoms with Gasteiger partial charge in [-0.1, -0.05) is 74.0 Å². The summed E-state index contributed by atoms with van der Waals surface area (Å²) in [6.45, 7) is 6.19. The van der Waals surface area contributed by atoms with Crippen LogP contribution in [0.5, 0.6) is 0 Å². The van der Waals surface area contributed by atoms with E-state index in [-0.39, 0.29) is 17.3 Å². The predicted octanol–water partition coefficient (Wildman–Crippen LogP) is 4.63. The molecule has 0 spiro atoms. The third-order valence-corrected chi connectivity index (χ3v) is 6.86. The molecule has 0 heterocycles.